The maximum Gasteiger partial charge on any atom is 0.129 e. The minimum Gasteiger partial charge on any atom is -0.485 e. The van der Waals surface area contributed by atoms with Crippen LogP contribution in [0.5, 0.6) is 5.75 Å². The van der Waals surface area contributed by atoms with E-state index in [1.54, 1.807) is 0 Å². The molecule has 5 heteroatoms. The summed E-state index contributed by atoms with van der Waals surface area (Å²) in [6.07, 6.45) is 1.01. The van der Waals surface area contributed by atoms with Crippen LogP contribution in [0.15, 0.2) is 48.5 Å². The van der Waals surface area contributed by atoms with Gasteiger partial charge in [-0.05, 0) is 68.6 Å². The first-order valence-electron chi connectivity index (χ1n) is 9.99. The standard InChI is InChI=1S/C16H19NO3.C8H11N/c1-9-4-11(8-18)17-13-5-10-6-15(19)16(2,3)20-14(10)7-12(9)13;9-7-6-8-4-2-1-3-5-8/h4-5,7,15,18-19H,6,8H2,1-3H3;1-5H,6-7,9H2. The third-order valence-corrected chi connectivity index (χ3v) is 5.28. The number of aliphatic hydroxyl groups is 2. The third-order valence-electron chi connectivity index (χ3n) is 5.28. The van der Waals surface area contributed by atoms with E-state index in [9.17, 15) is 10.2 Å². The van der Waals surface area contributed by atoms with Crippen LogP contribution in [0.3, 0.4) is 0 Å². The number of hydrogen-bond donors (Lipinski definition) is 3. The molecule has 2 aromatic carbocycles. The minimum absolute atomic E-state index is 0.0694. The number of nitrogens with two attached hydrogens (primary N) is 1. The molecule has 0 aliphatic carbocycles. The van der Waals surface area contributed by atoms with Gasteiger partial charge in [0.25, 0.3) is 0 Å². The second-order valence-corrected chi connectivity index (χ2v) is 8.02. The van der Waals surface area contributed by atoms with Crippen LogP contribution in [-0.4, -0.2) is 33.4 Å². The van der Waals surface area contributed by atoms with Crippen molar-refractivity contribution in [2.24, 2.45) is 5.73 Å². The lowest BCUT2D eigenvalue weighted by Crippen LogP contribution is -2.46. The summed E-state index contributed by atoms with van der Waals surface area (Å²) < 4.78 is 5.92. The van der Waals surface area contributed by atoms with E-state index in [4.69, 9.17) is 10.5 Å². The van der Waals surface area contributed by atoms with E-state index in [0.717, 1.165) is 40.7 Å². The van der Waals surface area contributed by atoms with Crippen molar-refractivity contribution in [1.82, 2.24) is 4.98 Å². The van der Waals surface area contributed by atoms with Gasteiger partial charge in [-0.25, -0.2) is 0 Å². The molecule has 0 saturated heterocycles. The van der Waals surface area contributed by atoms with Crippen molar-refractivity contribution >= 4 is 10.9 Å². The molecule has 0 saturated carbocycles. The van der Waals surface area contributed by atoms with Gasteiger partial charge >= 0.3 is 0 Å². The second-order valence-electron chi connectivity index (χ2n) is 8.02. The lowest BCUT2D eigenvalue weighted by atomic mass is 9.90. The molecule has 154 valence electrons. The average molecular weight is 395 g/mol. The Morgan fingerprint density at radius 1 is 1.17 bits per heavy atom. The van der Waals surface area contributed by atoms with Crippen LogP contribution in [0.4, 0.5) is 0 Å². The number of hydrogen-bond acceptors (Lipinski definition) is 5. The van der Waals surface area contributed by atoms with Gasteiger partial charge in [0.05, 0.1) is 23.9 Å². The van der Waals surface area contributed by atoms with E-state index in [1.165, 1.54) is 5.56 Å². The zero-order valence-electron chi connectivity index (χ0n) is 17.4. The molecule has 4 N–H and O–H groups in total. The predicted octanol–water partition coefficient (Wildman–Crippen LogP) is 3.30. The summed E-state index contributed by atoms with van der Waals surface area (Å²) in [6.45, 7) is 6.46. The molecule has 0 radical (unpaired) electrons. The van der Waals surface area contributed by atoms with Crippen molar-refractivity contribution in [1.29, 1.82) is 0 Å². The molecule has 4 rings (SSSR count). The van der Waals surface area contributed by atoms with E-state index < -0.39 is 11.7 Å². The van der Waals surface area contributed by atoms with Crippen molar-refractivity contribution in [2.45, 2.75) is 51.9 Å². The monoisotopic (exact) mass is 394 g/mol. The average Bonchev–Trinajstić information content (AvgIpc) is 2.69. The van der Waals surface area contributed by atoms with Crippen molar-refractivity contribution in [3.63, 3.8) is 0 Å². The maximum absolute atomic E-state index is 10.1. The maximum atomic E-state index is 10.1. The Hall–Kier alpha value is -2.47. The predicted molar refractivity (Wildman–Crippen MR) is 116 cm³/mol. The Labute approximate surface area is 172 Å². The van der Waals surface area contributed by atoms with Gasteiger partial charge in [-0.2, -0.15) is 0 Å². The largest absolute Gasteiger partial charge is 0.485 e. The number of benzene rings is 2. The Kier molecular flexibility index (Phi) is 6.52. The highest BCUT2D eigenvalue weighted by molar-refractivity contribution is 5.85. The van der Waals surface area contributed by atoms with Crippen LogP contribution in [0.2, 0.25) is 0 Å². The minimum atomic E-state index is -0.576. The Balaban J connectivity index is 0.000000224. The zero-order chi connectivity index (χ0) is 21.0. The SMILES string of the molecule is Cc1cc(CO)nc2cc3c(cc12)OC(C)(C)C(O)C3.NCCc1ccccc1. The van der Waals surface area contributed by atoms with E-state index in [-0.39, 0.29) is 6.61 Å². The van der Waals surface area contributed by atoms with Crippen molar-refractivity contribution in [2.75, 3.05) is 6.54 Å². The van der Waals surface area contributed by atoms with Crippen LogP contribution >= 0.6 is 0 Å². The van der Waals surface area contributed by atoms with Gasteiger partial charge in [0.2, 0.25) is 0 Å². The molecular weight excluding hydrogens is 364 g/mol. The Bertz CT molecular complexity index is 971. The number of fused-ring (bicyclic) bond motifs is 2. The summed E-state index contributed by atoms with van der Waals surface area (Å²) in [7, 11) is 0. The topological polar surface area (TPSA) is 88.6 Å². The summed E-state index contributed by atoms with van der Waals surface area (Å²) in [6, 6.07) is 16.1. The molecule has 1 aliphatic rings. The number of aliphatic hydroxyl groups excluding tert-OH is 2. The number of rotatable bonds is 3. The fourth-order valence-electron chi connectivity index (χ4n) is 3.49. The molecule has 29 heavy (non-hydrogen) atoms. The lowest BCUT2D eigenvalue weighted by Gasteiger charge is -2.37. The molecule has 2 heterocycles. The highest BCUT2D eigenvalue weighted by atomic mass is 16.5. The van der Waals surface area contributed by atoms with Gasteiger partial charge in [-0.1, -0.05) is 30.3 Å². The van der Waals surface area contributed by atoms with Crippen LogP contribution < -0.4 is 10.5 Å². The number of pyridine rings is 1. The quantitative estimate of drug-likeness (QED) is 0.634. The van der Waals surface area contributed by atoms with Crippen molar-refractivity contribution in [3.8, 4) is 5.75 Å². The first-order valence-corrected chi connectivity index (χ1v) is 9.99. The molecule has 1 atom stereocenters. The molecule has 0 spiro atoms. The van der Waals surface area contributed by atoms with E-state index >= 15 is 0 Å². The molecule has 1 aliphatic heterocycles. The highest BCUT2D eigenvalue weighted by Gasteiger charge is 2.35. The van der Waals surface area contributed by atoms with Gasteiger partial charge < -0.3 is 20.7 Å². The number of ether oxygens (including phenoxy) is 1. The molecular formula is C24H30N2O3. The van der Waals surface area contributed by atoms with Crippen molar-refractivity contribution < 1.29 is 14.9 Å². The number of aromatic nitrogens is 1. The molecule has 1 unspecified atom stereocenters. The van der Waals surface area contributed by atoms with Gasteiger partial charge in [-0.3, -0.25) is 4.98 Å². The first-order chi connectivity index (χ1) is 13.8. The van der Waals surface area contributed by atoms with Crippen LogP contribution in [0.25, 0.3) is 10.9 Å². The number of aryl methyl sites for hydroxylation is 1. The first kappa shape index (κ1) is 21.2. The van der Waals surface area contributed by atoms with Gasteiger partial charge in [0, 0.05) is 11.8 Å². The van der Waals surface area contributed by atoms with Gasteiger partial charge in [-0.15, -0.1) is 0 Å². The van der Waals surface area contributed by atoms with Gasteiger partial charge in [0.15, 0.2) is 0 Å². The summed E-state index contributed by atoms with van der Waals surface area (Å²) in [5, 5.41) is 20.4. The smallest absolute Gasteiger partial charge is 0.129 e. The summed E-state index contributed by atoms with van der Waals surface area (Å²) in [5.74, 6) is 0.814. The zero-order valence-corrected chi connectivity index (χ0v) is 17.4. The summed E-state index contributed by atoms with van der Waals surface area (Å²) >= 11 is 0. The van der Waals surface area contributed by atoms with Crippen molar-refractivity contribution in [3.05, 3.63) is 70.9 Å². The molecule has 1 aromatic heterocycles. The second kappa shape index (κ2) is 8.91. The van der Waals surface area contributed by atoms with E-state index in [0.29, 0.717) is 12.1 Å². The third kappa shape index (κ3) is 4.93. The highest BCUT2D eigenvalue weighted by Crippen LogP contribution is 2.36. The van der Waals surface area contributed by atoms with E-state index in [1.807, 2.05) is 57.2 Å². The van der Waals surface area contributed by atoms with Gasteiger partial charge in [0.1, 0.15) is 11.4 Å². The molecule has 0 fully saturated rings. The number of nitrogens with zero attached hydrogens (tertiary/aromatic N) is 1. The van der Waals surface area contributed by atoms with Crippen LogP contribution in [0.1, 0.15) is 36.2 Å². The molecule has 5 nitrogen and oxygen atoms in total. The Morgan fingerprint density at radius 3 is 2.55 bits per heavy atom. The fraction of sp³-hybridized carbons (Fsp3) is 0.375. The van der Waals surface area contributed by atoms with E-state index in [2.05, 4.69) is 17.1 Å². The lowest BCUT2D eigenvalue weighted by molar-refractivity contribution is -0.0410. The molecule has 3 aromatic rings. The summed E-state index contributed by atoms with van der Waals surface area (Å²) in [4.78, 5) is 4.44. The molecule has 0 bridgehead atoms. The van der Waals surface area contributed by atoms with Crippen LogP contribution in [0, 0.1) is 6.92 Å². The Morgan fingerprint density at radius 2 is 1.90 bits per heavy atom. The normalized spacial score (nSPS) is 17.1. The molecule has 0 amide bonds. The van der Waals surface area contributed by atoms with Crippen LogP contribution in [-0.2, 0) is 19.4 Å². The summed E-state index contributed by atoms with van der Waals surface area (Å²) in [5.41, 5.74) is 9.63. The fourth-order valence-corrected chi connectivity index (χ4v) is 3.49.